The molecule has 1 saturated heterocycles. The zero-order valence-electron chi connectivity index (χ0n) is 25.9. The number of aliphatic hydroxyl groups excluding tert-OH is 1. The van der Waals surface area contributed by atoms with Gasteiger partial charge in [-0.3, -0.25) is 14.5 Å². The van der Waals surface area contributed by atoms with Gasteiger partial charge in [-0.2, -0.15) is 0 Å². The van der Waals surface area contributed by atoms with Crippen LogP contribution in [0.1, 0.15) is 48.1 Å². The molecule has 0 spiro atoms. The molecule has 234 valence electrons. The van der Waals surface area contributed by atoms with E-state index in [1.54, 1.807) is 42.5 Å². The Kier molecular flexibility index (Phi) is 9.03. The molecule has 0 aliphatic carbocycles. The number of ether oxygens (including phenoxy) is 3. The molecule has 1 aliphatic rings. The monoisotopic (exact) mass is 634 g/mol. The molecule has 2 heterocycles. The molecule has 6 rings (SSSR count). The van der Waals surface area contributed by atoms with E-state index < -0.39 is 17.7 Å². The number of methoxy groups -OCH3 is 1. The molecule has 4 aromatic carbocycles. The molecule has 5 aromatic rings. The number of aryl methyl sites for hydroxylation is 1. The maximum absolute atomic E-state index is 13.8. The van der Waals surface area contributed by atoms with Crippen molar-refractivity contribution in [2.75, 3.05) is 18.6 Å². The van der Waals surface area contributed by atoms with Gasteiger partial charge < -0.3 is 19.3 Å². The lowest BCUT2D eigenvalue weighted by Crippen LogP contribution is -2.29. The number of nitrogens with zero attached hydrogens (tertiary/aromatic N) is 2. The number of hydrogen-bond acceptors (Lipinski definition) is 8. The first-order valence-corrected chi connectivity index (χ1v) is 16.0. The van der Waals surface area contributed by atoms with Crippen molar-refractivity contribution in [2.45, 2.75) is 39.3 Å². The molecule has 46 heavy (non-hydrogen) atoms. The van der Waals surface area contributed by atoms with Crippen LogP contribution in [0.15, 0.2) is 96.6 Å². The first-order valence-electron chi connectivity index (χ1n) is 15.1. The molecule has 1 amide bonds. The number of ketones is 1. The zero-order chi connectivity index (χ0) is 32.2. The van der Waals surface area contributed by atoms with Crippen molar-refractivity contribution >= 4 is 44.1 Å². The number of amides is 1. The highest BCUT2D eigenvalue weighted by atomic mass is 32.1. The molecular formula is C37H34N2O6S. The van der Waals surface area contributed by atoms with Crippen molar-refractivity contribution in [1.29, 1.82) is 0 Å². The van der Waals surface area contributed by atoms with Gasteiger partial charge in [-0.15, -0.1) is 0 Å². The lowest BCUT2D eigenvalue weighted by atomic mass is 9.95. The summed E-state index contributed by atoms with van der Waals surface area (Å²) in [7, 11) is 1.53. The summed E-state index contributed by atoms with van der Waals surface area (Å²) in [5, 5.41) is 12.1. The van der Waals surface area contributed by atoms with Crippen LogP contribution in [0.2, 0.25) is 0 Å². The molecular weight excluding hydrogens is 600 g/mol. The van der Waals surface area contributed by atoms with Gasteiger partial charge in [0.15, 0.2) is 16.6 Å². The van der Waals surface area contributed by atoms with E-state index in [9.17, 15) is 14.7 Å². The van der Waals surface area contributed by atoms with Crippen LogP contribution in [0.4, 0.5) is 5.13 Å². The SMILES string of the molecule is CCCCOc1cccc(C(O)=C2C(=O)C(=O)N(c3nc4ccc(C)cc4s3)C2c2ccc(OCc3ccccc3)c(OC)c2)c1. The summed E-state index contributed by atoms with van der Waals surface area (Å²) in [6.45, 7) is 4.92. The summed E-state index contributed by atoms with van der Waals surface area (Å²) in [5.41, 5.74) is 3.63. The van der Waals surface area contributed by atoms with E-state index in [1.807, 2.05) is 55.5 Å². The number of aromatic nitrogens is 1. The molecule has 0 radical (unpaired) electrons. The predicted octanol–water partition coefficient (Wildman–Crippen LogP) is 8.00. The van der Waals surface area contributed by atoms with Gasteiger partial charge >= 0.3 is 5.91 Å². The minimum atomic E-state index is -0.983. The Morgan fingerprint density at radius 3 is 2.54 bits per heavy atom. The third kappa shape index (κ3) is 6.19. The Morgan fingerprint density at radius 1 is 0.935 bits per heavy atom. The number of anilines is 1. The highest BCUT2D eigenvalue weighted by Gasteiger charge is 2.48. The number of Topliss-reactive ketones (excluding diaryl/α,β-unsaturated/α-hetero) is 1. The quantitative estimate of drug-likeness (QED) is 0.0681. The number of carbonyl (C=O) groups excluding carboxylic acids is 2. The lowest BCUT2D eigenvalue weighted by Gasteiger charge is -2.24. The van der Waals surface area contributed by atoms with Crippen LogP contribution in [0.5, 0.6) is 17.2 Å². The van der Waals surface area contributed by atoms with E-state index in [-0.39, 0.29) is 11.3 Å². The summed E-state index contributed by atoms with van der Waals surface area (Å²) >= 11 is 1.32. The van der Waals surface area contributed by atoms with Gasteiger partial charge in [-0.25, -0.2) is 4.98 Å². The van der Waals surface area contributed by atoms with Crippen molar-refractivity contribution in [3.8, 4) is 17.2 Å². The molecule has 1 N–H and O–H groups in total. The Bertz CT molecular complexity index is 1930. The fourth-order valence-corrected chi connectivity index (χ4v) is 6.49. The normalized spacial score (nSPS) is 15.8. The average Bonchev–Trinajstić information content (AvgIpc) is 3.61. The van der Waals surface area contributed by atoms with Crippen LogP contribution in [0.25, 0.3) is 16.0 Å². The molecule has 1 fully saturated rings. The largest absolute Gasteiger partial charge is 0.507 e. The molecule has 0 saturated carbocycles. The van der Waals surface area contributed by atoms with E-state index in [1.165, 1.54) is 23.3 Å². The smallest absolute Gasteiger partial charge is 0.301 e. The van der Waals surface area contributed by atoms with Crippen LogP contribution in [0, 0.1) is 6.92 Å². The summed E-state index contributed by atoms with van der Waals surface area (Å²) in [5.74, 6) is -0.400. The molecule has 1 aliphatic heterocycles. The van der Waals surface area contributed by atoms with Gasteiger partial charge in [-0.05, 0) is 66.4 Å². The summed E-state index contributed by atoms with van der Waals surface area (Å²) < 4.78 is 18.5. The summed E-state index contributed by atoms with van der Waals surface area (Å²) in [6, 6.07) is 26.8. The van der Waals surface area contributed by atoms with Crippen LogP contribution < -0.4 is 19.1 Å². The second kappa shape index (κ2) is 13.5. The van der Waals surface area contributed by atoms with Crippen LogP contribution >= 0.6 is 11.3 Å². The van der Waals surface area contributed by atoms with Gasteiger partial charge in [0.2, 0.25) is 0 Å². The Morgan fingerprint density at radius 2 is 1.76 bits per heavy atom. The van der Waals surface area contributed by atoms with E-state index in [2.05, 4.69) is 6.92 Å². The molecule has 1 unspecified atom stereocenters. The highest BCUT2D eigenvalue weighted by molar-refractivity contribution is 7.22. The predicted molar refractivity (Wildman–Crippen MR) is 180 cm³/mol. The molecule has 9 heteroatoms. The third-order valence-electron chi connectivity index (χ3n) is 7.80. The van der Waals surface area contributed by atoms with Gasteiger partial charge in [0.05, 0.1) is 35.5 Å². The van der Waals surface area contributed by atoms with Crippen LogP contribution in [-0.2, 0) is 16.2 Å². The number of hydrogen-bond donors (Lipinski definition) is 1. The fraction of sp³-hybridized carbons (Fsp3) is 0.216. The number of fused-ring (bicyclic) bond motifs is 1. The Hall–Kier alpha value is -5.15. The molecule has 0 bridgehead atoms. The topological polar surface area (TPSA) is 98.2 Å². The summed E-state index contributed by atoms with van der Waals surface area (Å²) in [4.78, 5) is 33.7. The molecule has 8 nitrogen and oxygen atoms in total. The minimum absolute atomic E-state index is 0.0499. The highest BCUT2D eigenvalue weighted by Crippen LogP contribution is 2.46. The second-order valence-electron chi connectivity index (χ2n) is 11.1. The maximum atomic E-state index is 13.8. The average molecular weight is 635 g/mol. The lowest BCUT2D eigenvalue weighted by molar-refractivity contribution is -0.132. The van der Waals surface area contributed by atoms with Crippen LogP contribution in [-0.4, -0.2) is 35.5 Å². The number of benzene rings is 4. The number of carbonyl (C=O) groups is 2. The first-order chi connectivity index (χ1) is 22.4. The zero-order valence-corrected chi connectivity index (χ0v) is 26.7. The van der Waals surface area contributed by atoms with Crippen molar-refractivity contribution in [2.24, 2.45) is 0 Å². The van der Waals surface area contributed by atoms with Gasteiger partial charge in [0, 0.05) is 5.56 Å². The Balaban J connectivity index is 1.45. The van der Waals surface area contributed by atoms with Crippen LogP contribution in [0.3, 0.4) is 0 Å². The van der Waals surface area contributed by atoms with Crippen molar-refractivity contribution in [3.63, 3.8) is 0 Å². The van der Waals surface area contributed by atoms with Crippen molar-refractivity contribution < 1.29 is 28.9 Å². The van der Waals surface area contributed by atoms with E-state index in [0.717, 1.165) is 28.7 Å². The van der Waals surface area contributed by atoms with E-state index in [0.29, 0.717) is 52.2 Å². The Labute approximate surface area is 271 Å². The van der Waals surface area contributed by atoms with Gasteiger partial charge in [0.25, 0.3) is 5.78 Å². The standard InChI is InChI=1S/C37H34N2O6S/c1-4-5-18-44-27-13-9-12-26(20-27)34(40)32-33(25-15-17-29(30(21-25)43-3)45-22-24-10-7-6-8-11-24)39(36(42)35(32)41)37-38-28-16-14-23(2)19-31(28)46-37/h6-17,19-21,33,40H,4-5,18,22H2,1-3H3. The summed E-state index contributed by atoms with van der Waals surface area (Å²) in [6.07, 6.45) is 1.86. The number of rotatable bonds is 11. The second-order valence-corrected chi connectivity index (χ2v) is 12.1. The molecule has 1 atom stereocenters. The van der Waals surface area contributed by atoms with Gasteiger partial charge in [0.1, 0.15) is 18.1 Å². The van der Waals surface area contributed by atoms with E-state index in [4.69, 9.17) is 19.2 Å². The van der Waals surface area contributed by atoms with E-state index >= 15 is 0 Å². The van der Waals surface area contributed by atoms with Gasteiger partial charge in [-0.1, -0.05) is 79.3 Å². The maximum Gasteiger partial charge on any atom is 0.301 e. The third-order valence-corrected chi connectivity index (χ3v) is 8.82. The molecule has 1 aromatic heterocycles. The first kappa shape index (κ1) is 30.9. The van der Waals surface area contributed by atoms with Crippen molar-refractivity contribution in [1.82, 2.24) is 4.98 Å². The van der Waals surface area contributed by atoms with Crippen molar-refractivity contribution in [3.05, 3.63) is 119 Å². The number of thiazole rings is 1. The minimum Gasteiger partial charge on any atom is -0.507 e. The fourth-order valence-electron chi connectivity index (χ4n) is 5.40. The number of unbranched alkanes of at least 4 members (excludes halogenated alkanes) is 1. The number of aliphatic hydroxyl groups is 1.